The number of methoxy groups -OCH3 is 1. The monoisotopic (exact) mass is 661 g/mol. The molecule has 9 nitrogen and oxygen atoms in total. The molecule has 0 unspecified atom stereocenters. The number of aromatic hydroxyl groups is 1. The van der Waals surface area contributed by atoms with E-state index in [2.05, 4.69) is 82.4 Å². The fourth-order valence-corrected chi connectivity index (χ4v) is 3.50. The molecular formula is C22H19BBr3N7O2. The van der Waals surface area contributed by atoms with E-state index in [-0.39, 0.29) is 8.93 Å². The van der Waals surface area contributed by atoms with E-state index in [1.165, 1.54) is 6.20 Å². The number of pyridine rings is 2. The zero-order chi connectivity index (χ0) is 24.8. The van der Waals surface area contributed by atoms with Crippen molar-refractivity contribution in [3.8, 4) is 22.6 Å². The highest BCUT2D eigenvalue weighted by molar-refractivity contribution is 9.69. The number of aromatic amines is 3. The van der Waals surface area contributed by atoms with E-state index in [1.807, 2.05) is 36.9 Å². The number of aliphatic imine (C=N–C) groups is 1. The molecule has 0 amide bonds. The van der Waals surface area contributed by atoms with Gasteiger partial charge in [-0.15, -0.1) is 47.3 Å². The van der Waals surface area contributed by atoms with Crippen LogP contribution in [0.15, 0.2) is 60.4 Å². The van der Waals surface area contributed by atoms with Crippen molar-refractivity contribution in [2.75, 3.05) is 13.7 Å². The maximum atomic E-state index is 9.39. The van der Waals surface area contributed by atoms with Crippen molar-refractivity contribution >= 4 is 84.3 Å². The van der Waals surface area contributed by atoms with Crippen LogP contribution in [0, 0.1) is 0 Å². The van der Waals surface area contributed by atoms with Gasteiger partial charge < -0.3 is 19.8 Å². The Balaban J connectivity index is 0.000000144. The Labute approximate surface area is 225 Å². The van der Waals surface area contributed by atoms with E-state index in [1.54, 1.807) is 25.6 Å². The van der Waals surface area contributed by atoms with Gasteiger partial charge in [-0.1, -0.05) is 6.08 Å². The van der Waals surface area contributed by atoms with Crippen LogP contribution < -0.4 is 4.74 Å². The normalized spacial score (nSPS) is 12.1. The summed E-state index contributed by atoms with van der Waals surface area (Å²) >= 11 is 9.31. The molecular weight excluding hydrogens is 645 g/mol. The van der Waals surface area contributed by atoms with Crippen LogP contribution >= 0.6 is 47.3 Å². The number of nitrogens with zero attached hydrogens (tertiary/aromatic N) is 4. The highest BCUT2D eigenvalue weighted by atomic mass is 79.9. The number of halogens is 3. The maximum absolute atomic E-state index is 9.39. The van der Waals surface area contributed by atoms with Crippen molar-refractivity contribution < 1.29 is 9.84 Å². The summed E-state index contributed by atoms with van der Waals surface area (Å²) < 4.78 is 5.44. The summed E-state index contributed by atoms with van der Waals surface area (Å²) in [5.41, 5.74) is 5.83. The minimum atomic E-state index is 0.180. The van der Waals surface area contributed by atoms with Crippen LogP contribution in [0.1, 0.15) is 5.56 Å². The van der Waals surface area contributed by atoms with Crippen LogP contribution in [-0.2, 0) is 0 Å². The molecule has 0 aliphatic carbocycles. The van der Waals surface area contributed by atoms with Crippen molar-refractivity contribution in [3.63, 3.8) is 0 Å². The first-order valence-corrected chi connectivity index (χ1v) is 13.0. The number of H-pyrrole nitrogens is 3. The fraction of sp³-hybridized carbons (Fsp3) is 0.0909. The molecule has 0 saturated heterocycles. The molecule has 4 N–H and O–H groups in total. The lowest BCUT2D eigenvalue weighted by Crippen LogP contribution is -1.84. The number of hydrogen-bond donors (Lipinski definition) is 4. The van der Waals surface area contributed by atoms with Gasteiger partial charge >= 0.3 is 3.18 Å². The highest BCUT2D eigenvalue weighted by Crippen LogP contribution is 2.29. The summed E-state index contributed by atoms with van der Waals surface area (Å²) in [7, 11) is 1.63. The molecule has 13 heteroatoms. The Morgan fingerprint density at radius 1 is 0.943 bits per heavy atom. The predicted molar refractivity (Wildman–Crippen MR) is 152 cm³/mol. The zero-order valence-corrected chi connectivity index (χ0v) is 23.1. The zero-order valence-electron chi connectivity index (χ0n) is 18.3. The molecule has 6 heterocycles. The molecule has 0 fully saturated rings. The maximum Gasteiger partial charge on any atom is 0.369 e. The summed E-state index contributed by atoms with van der Waals surface area (Å²) in [6.45, 7) is 0.730. The van der Waals surface area contributed by atoms with Gasteiger partial charge in [0, 0.05) is 52.3 Å². The van der Waals surface area contributed by atoms with Crippen molar-refractivity contribution in [1.82, 2.24) is 30.1 Å². The average Bonchev–Trinajstić information content (AvgIpc) is 3.64. The fourth-order valence-electron chi connectivity index (χ4n) is 3.50. The summed E-state index contributed by atoms with van der Waals surface area (Å²) in [5.74, 6) is 0.927. The first-order chi connectivity index (χ1) is 17.0. The molecule has 1 aliphatic rings. The van der Waals surface area contributed by atoms with Gasteiger partial charge in [0.05, 0.1) is 32.2 Å². The van der Waals surface area contributed by atoms with Gasteiger partial charge in [0.25, 0.3) is 0 Å². The molecule has 178 valence electrons. The second-order valence-corrected chi connectivity index (χ2v) is 13.6. The van der Waals surface area contributed by atoms with Crippen LogP contribution in [0.5, 0.6) is 11.5 Å². The smallest absolute Gasteiger partial charge is 0.369 e. The number of fused-ring (bicyclic) bond motifs is 2. The third-order valence-corrected chi connectivity index (χ3v) is 5.03. The molecule has 0 atom stereocenters. The lowest BCUT2D eigenvalue weighted by Gasteiger charge is -1.99. The minimum absolute atomic E-state index is 0.180. The molecule has 1 aliphatic heterocycles. The van der Waals surface area contributed by atoms with E-state index in [0.29, 0.717) is 0 Å². The van der Waals surface area contributed by atoms with E-state index >= 15 is 0 Å². The summed E-state index contributed by atoms with van der Waals surface area (Å²) in [6.07, 6.45) is 14.4. The molecule has 0 radical (unpaired) electrons. The summed E-state index contributed by atoms with van der Waals surface area (Å²) in [4.78, 5) is 18.7. The molecule has 0 spiro atoms. The first kappa shape index (κ1) is 25.2. The van der Waals surface area contributed by atoms with Gasteiger partial charge in [-0.3, -0.25) is 10.1 Å². The van der Waals surface area contributed by atoms with Gasteiger partial charge in [0.2, 0.25) is 0 Å². The van der Waals surface area contributed by atoms with E-state index < -0.39 is 0 Å². The molecule has 0 saturated carbocycles. The second-order valence-electron chi connectivity index (χ2n) is 7.15. The molecule has 35 heavy (non-hydrogen) atoms. The first-order valence-electron chi connectivity index (χ1n) is 10.2. The lowest BCUT2D eigenvalue weighted by molar-refractivity contribution is 0.414. The SMILES string of the molecule is BrB(Br)Br.COc1cnc2[nH]cc(-c3cn[nH]c3)c2c1.Oc1cnc2[nH]cc(C3=CCN=C3)c2c1. The molecule has 0 bridgehead atoms. The second kappa shape index (κ2) is 11.7. The predicted octanol–water partition coefficient (Wildman–Crippen LogP) is 5.85. The van der Waals surface area contributed by atoms with Crippen LogP contribution in [0.4, 0.5) is 0 Å². The third kappa shape index (κ3) is 6.22. The standard InChI is InChI=1S/C11H10N4O.C11H9N3O.BBr3/c1-16-8-2-9-10(7-3-14-15-4-7)6-13-11(9)12-5-8;15-8-3-9-10(7-1-2-12-4-7)6-14-11(9)13-5-8;2-1(3)4/h2-6H,1H3,(H,12,13)(H,14,15);1,3-6,15H,2H2,(H,13,14);. The number of ether oxygens (including phenoxy) is 1. The Bertz CT molecular complexity index is 1480. The molecule has 5 aromatic heterocycles. The van der Waals surface area contributed by atoms with Crippen molar-refractivity contribution in [3.05, 3.63) is 61.0 Å². The lowest BCUT2D eigenvalue weighted by atomic mass is 10.1. The number of nitrogens with one attached hydrogen (secondary N) is 3. The number of hydrogen-bond acceptors (Lipinski definition) is 6. The highest BCUT2D eigenvalue weighted by Gasteiger charge is 2.11. The van der Waals surface area contributed by atoms with Gasteiger partial charge in [-0.05, 0) is 17.7 Å². The average molecular weight is 664 g/mol. The van der Waals surface area contributed by atoms with Gasteiger partial charge in [-0.25, -0.2) is 9.97 Å². The van der Waals surface area contributed by atoms with Crippen LogP contribution in [0.25, 0.3) is 38.8 Å². The van der Waals surface area contributed by atoms with Crippen molar-refractivity contribution in [1.29, 1.82) is 0 Å². The van der Waals surface area contributed by atoms with Crippen LogP contribution in [0.2, 0.25) is 0 Å². The largest absolute Gasteiger partial charge is 0.506 e. The Hall–Kier alpha value is -2.90. The number of aromatic nitrogens is 6. The van der Waals surface area contributed by atoms with Gasteiger partial charge in [-0.2, -0.15) is 5.10 Å². The number of rotatable bonds is 3. The van der Waals surface area contributed by atoms with E-state index in [9.17, 15) is 5.11 Å². The summed E-state index contributed by atoms with van der Waals surface area (Å²) in [5, 5.41) is 18.1. The Kier molecular flexibility index (Phi) is 8.42. The van der Waals surface area contributed by atoms with Crippen molar-refractivity contribution in [2.24, 2.45) is 4.99 Å². The molecule has 0 aromatic carbocycles. The third-order valence-electron chi connectivity index (χ3n) is 5.03. The van der Waals surface area contributed by atoms with E-state index in [0.717, 1.165) is 56.6 Å². The van der Waals surface area contributed by atoms with Gasteiger partial charge in [0.1, 0.15) is 22.8 Å². The Morgan fingerprint density at radius 2 is 1.63 bits per heavy atom. The van der Waals surface area contributed by atoms with Crippen LogP contribution in [-0.4, -0.2) is 58.3 Å². The quantitative estimate of drug-likeness (QED) is 0.180. The van der Waals surface area contributed by atoms with Crippen LogP contribution in [0.3, 0.4) is 0 Å². The summed E-state index contributed by atoms with van der Waals surface area (Å²) in [6, 6.07) is 3.67. The topological polar surface area (TPSA) is 128 Å². The van der Waals surface area contributed by atoms with Crippen molar-refractivity contribution in [2.45, 2.75) is 0 Å². The Morgan fingerprint density at radius 3 is 2.26 bits per heavy atom. The molecule has 5 aromatic rings. The molecule has 6 rings (SSSR count). The van der Waals surface area contributed by atoms with Gasteiger partial charge in [0.15, 0.2) is 0 Å². The number of allylic oxidation sites excluding steroid dienone is 1. The van der Waals surface area contributed by atoms with E-state index in [4.69, 9.17) is 4.74 Å². The minimum Gasteiger partial charge on any atom is -0.506 e.